The van der Waals surface area contributed by atoms with Crippen molar-refractivity contribution in [3.63, 3.8) is 0 Å². The monoisotopic (exact) mass is 292 g/mol. The molecule has 0 spiro atoms. The fourth-order valence-electron chi connectivity index (χ4n) is 1.98. The van der Waals surface area contributed by atoms with E-state index in [9.17, 15) is 4.79 Å². The summed E-state index contributed by atoms with van der Waals surface area (Å²) in [5, 5.41) is 3.94. The second-order valence-corrected chi connectivity index (χ2v) is 5.67. The summed E-state index contributed by atoms with van der Waals surface area (Å²) < 4.78 is 5.69. The van der Waals surface area contributed by atoms with E-state index in [0.29, 0.717) is 19.4 Å². The zero-order valence-corrected chi connectivity index (χ0v) is 12.4. The van der Waals surface area contributed by atoms with E-state index in [1.54, 1.807) is 11.8 Å². The molecule has 2 rings (SSSR count). The van der Waals surface area contributed by atoms with Crippen molar-refractivity contribution in [3.8, 4) is 0 Å². The molecule has 1 atom stereocenters. The molecule has 0 unspecified atom stereocenters. The number of hydrogen-bond acceptors (Lipinski definition) is 4. The summed E-state index contributed by atoms with van der Waals surface area (Å²) in [6.45, 7) is 0.547. The summed E-state index contributed by atoms with van der Waals surface area (Å²) in [6, 6.07) is 9.47. The number of furan rings is 1. The molecule has 0 aliphatic heterocycles. The van der Waals surface area contributed by atoms with Crippen molar-refractivity contribution in [1.29, 1.82) is 0 Å². The fourth-order valence-corrected chi connectivity index (χ4v) is 2.47. The van der Waals surface area contributed by atoms with Gasteiger partial charge in [-0.15, -0.1) is 0 Å². The Morgan fingerprint density at radius 1 is 1.45 bits per heavy atom. The van der Waals surface area contributed by atoms with Gasteiger partial charge in [0.2, 0.25) is 5.91 Å². The molecule has 1 aromatic heterocycles. The smallest absolute Gasteiger partial charge is 0.236 e. The highest BCUT2D eigenvalue weighted by Gasteiger charge is 2.12. The number of fused-ring (bicyclic) bond motifs is 1. The Bertz CT molecular complexity index is 535. The lowest BCUT2D eigenvalue weighted by molar-refractivity contribution is -0.122. The van der Waals surface area contributed by atoms with E-state index in [-0.39, 0.29) is 5.91 Å². The molecule has 0 aliphatic carbocycles. The van der Waals surface area contributed by atoms with Gasteiger partial charge in [0.05, 0.1) is 6.04 Å². The standard InChI is InChI=1S/C15H20N2O2S/c1-20-9-7-13(16)15(18)17-8-6-12-10-11-4-2-3-5-14(11)19-12/h2-5,10,13H,6-9,16H2,1H3,(H,17,18)/t13-/m0/s1. The van der Waals surface area contributed by atoms with Crippen molar-refractivity contribution >= 4 is 28.6 Å². The fraction of sp³-hybridized carbons (Fsp3) is 0.400. The van der Waals surface area contributed by atoms with Gasteiger partial charge in [-0.3, -0.25) is 4.79 Å². The van der Waals surface area contributed by atoms with E-state index in [1.807, 2.05) is 36.6 Å². The van der Waals surface area contributed by atoms with Gasteiger partial charge in [-0.25, -0.2) is 0 Å². The molecular weight excluding hydrogens is 272 g/mol. The molecular formula is C15H20N2O2S. The van der Waals surface area contributed by atoms with Crippen LogP contribution in [0, 0.1) is 0 Å². The van der Waals surface area contributed by atoms with Crippen LogP contribution >= 0.6 is 11.8 Å². The van der Waals surface area contributed by atoms with Crippen LogP contribution in [0.4, 0.5) is 0 Å². The Morgan fingerprint density at radius 2 is 2.25 bits per heavy atom. The Balaban J connectivity index is 1.79. The molecule has 108 valence electrons. The van der Waals surface area contributed by atoms with Crippen molar-refractivity contribution in [3.05, 3.63) is 36.1 Å². The molecule has 0 radical (unpaired) electrons. The first kappa shape index (κ1) is 14.9. The van der Waals surface area contributed by atoms with Crippen molar-refractivity contribution in [1.82, 2.24) is 5.32 Å². The van der Waals surface area contributed by atoms with Crippen molar-refractivity contribution in [2.45, 2.75) is 18.9 Å². The van der Waals surface area contributed by atoms with E-state index in [0.717, 1.165) is 22.5 Å². The van der Waals surface area contributed by atoms with Crippen LogP contribution < -0.4 is 11.1 Å². The van der Waals surface area contributed by atoms with Crippen molar-refractivity contribution in [2.75, 3.05) is 18.6 Å². The third kappa shape index (κ3) is 4.02. The quantitative estimate of drug-likeness (QED) is 0.820. The van der Waals surface area contributed by atoms with Crippen LogP contribution in [0.25, 0.3) is 11.0 Å². The molecule has 1 aromatic carbocycles. The average molecular weight is 292 g/mol. The van der Waals surface area contributed by atoms with Crippen LogP contribution in [0.1, 0.15) is 12.2 Å². The Labute approximate surface area is 123 Å². The van der Waals surface area contributed by atoms with Gasteiger partial charge in [0.15, 0.2) is 0 Å². The molecule has 0 aliphatic rings. The second kappa shape index (κ2) is 7.36. The molecule has 0 saturated carbocycles. The van der Waals surface area contributed by atoms with E-state index in [1.165, 1.54) is 0 Å². The van der Waals surface area contributed by atoms with Gasteiger partial charge < -0.3 is 15.5 Å². The van der Waals surface area contributed by atoms with Gasteiger partial charge in [-0.1, -0.05) is 18.2 Å². The van der Waals surface area contributed by atoms with Crippen LogP contribution in [0.2, 0.25) is 0 Å². The third-order valence-electron chi connectivity index (χ3n) is 3.12. The molecule has 4 nitrogen and oxygen atoms in total. The maximum atomic E-state index is 11.7. The van der Waals surface area contributed by atoms with Gasteiger partial charge in [-0.2, -0.15) is 11.8 Å². The maximum absolute atomic E-state index is 11.7. The number of rotatable bonds is 7. The first-order chi connectivity index (χ1) is 9.70. The first-order valence-electron chi connectivity index (χ1n) is 6.70. The lowest BCUT2D eigenvalue weighted by atomic mass is 10.2. The molecule has 2 aromatic rings. The topological polar surface area (TPSA) is 68.3 Å². The van der Waals surface area contributed by atoms with Crippen LogP contribution in [-0.2, 0) is 11.2 Å². The van der Waals surface area contributed by atoms with E-state index in [4.69, 9.17) is 10.2 Å². The predicted molar refractivity (Wildman–Crippen MR) is 83.9 cm³/mol. The molecule has 0 saturated heterocycles. The SMILES string of the molecule is CSCC[C@H](N)C(=O)NCCc1cc2ccccc2o1. The highest BCUT2D eigenvalue weighted by Crippen LogP contribution is 2.18. The maximum Gasteiger partial charge on any atom is 0.236 e. The molecule has 0 bridgehead atoms. The van der Waals surface area contributed by atoms with E-state index in [2.05, 4.69) is 5.32 Å². The van der Waals surface area contributed by atoms with Crippen molar-refractivity contribution in [2.24, 2.45) is 5.73 Å². The summed E-state index contributed by atoms with van der Waals surface area (Å²) in [5.74, 6) is 1.69. The molecule has 1 heterocycles. The number of nitrogens with two attached hydrogens (primary N) is 1. The third-order valence-corrected chi connectivity index (χ3v) is 3.76. The molecule has 3 N–H and O–H groups in total. The van der Waals surface area contributed by atoms with Gasteiger partial charge in [0.25, 0.3) is 0 Å². The average Bonchev–Trinajstić information content (AvgIpc) is 2.87. The highest BCUT2D eigenvalue weighted by molar-refractivity contribution is 7.98. The summed E-state index contributed by atoms with van der Waals surface area (Å²) in [4.78, 5) is 11.7. The number of nitrogens with one attached hydrogen (secondary N) is 1. The van der Waals surface area contributed by atoms with Crippen LogP contribution in [-0.4, -0.2) is 30.5 Å². The number of benzene rings is 1. The minimum absolute atomic E-state index is 0.0878. The predicted octanol–water partition coefficient (Wildman–Crippen LogP) is 2.17. The Hall–Kier alpha value is -1.46. The highest BCUT2D eigenvalue weighted by atomic mass is 32.2. The Kier molecular flexibility index (Phi) is 5.49. The molecule has 0 fully saturated rings. The molecule has 20 heavy (non-hydrogen) atoms. The van der Waals surface area contributed by atoms with Crippen molar-refractivity contribution < 1.29 is 9.21 Å². The largest absolute Gasteiger partial charge is 0.461 e. The number of para-hydroxylation sites is 1. The van der Waals surface area contributed by atoms with Gasteiger partial charge in [0.1, 0.15) is 11.3 Å². The summed E-state index contributed by atoms with van der Waals surface area (Å²) in [7, 11) is 0. The minimum Gasteiger partial charge on any atom is -0.461 e. The van der Waals surface area contributed by atoms with Gasteiger partial charge in [-0.05, 0) is 30.6 Å². The van der Waals surface area contributed by atoms with E-state index >= 15 is 0 Å². The number of carbonyl (C=O) groups is 1. The first-order valence-corrected chi connectivity index (χ1v) is 8.10. The summed E-state index contributed by atoms with van der Waals surface area (Å²) in [6.07, 6.45) is 3.39. The van der Waals surface area contributed by atoms with Gasteiger partial charge in [0, 0.05) is 18.4 Å². The van der Waals surface area contributed by atoms with Crippen LogP contribution in [0.15, 0.2) is 34.7 Å². The summed E-state index contributed by atoms with van der Waals surface area (Å²) >= 11 is 1.70. The summed E-state index contributed by atoms with van der Waals surface area (Å²) in [5.41, 5.74) is 6.68. The number of thioether (sulfide) groups is 1. The zero-order valence-electron chi connectivity index (χ0n) is 11.6. The normalized spacial score (nSPS) is 12.5. The molecule has 5 heteroatoms. The zero-order chi connectivity index (χ0) is 14.4. The Morgan fingerprint density at radius 3 is 3.00 bits per heavy atom. The van der Waals surface area contributed by atoms with Crippen LogP contribution in [0.5, 0.6) is 0 Å². The molecule has 1 amide bonds. The number of hydrogen-bond donors (Lipinski definition) is 2. The van der Waals surface area contributed by atoms with Crippen LogP contribution in [0.3, 0.4) is 0 Å². The number of amides is 1. The number of carbonyl (C=O) groups excluding carboxylic acids is 1. The lowest BCUT2D eigenvalue weighted by Crippen LogP contribution is -2.41. The minimum atomic E-state index is -0.418. The lowest BCUT2D eigenvalue weighted by Gasteiger charge is -2.10. The van der Waals surface area contributed by atoms with Gasteiger partial charge >= 0.3 is 0 Å². The second-order valence-electron chi connectivity index (χ2n) is 4.68. The van der Waals surface area contributed by atoms with E-state index < -0.39 is 6.04 Å².